The molecule has 0 bridgehead atoms. The average Bonchev–Trinajstić information content (AvgIpc) is 3.21. The highest BCUT2D eigenvalue weighted by molar-refractivity contribution is 5.85. The first-order valence-corrected chi connectivity index (χ1v) is 8.37. The summed E-state index contributed by atoms with van der Waals surface area (Å²) < 4.78 is 11.2. The summed E-state index contributed by atoms with van der Waals surface area (Å²) in [5.41, 5.74) is 4.38. The van der Waals surface area contributed by atoms with Crippen molar-refractivity contribution >= 4 is 12.4 Å². The van der Waals surface area contributed by atoms with Gasteiger partial charge in [-0.05, 0) is 31.2 Å². The first-order chi connectivity index (χ1) is 11.9. The van der Waals surface area contributed by atoms with Gasteiger partial charge in [-0.15, -0.1) is 12.4 Å². The molecule has 5 nitrogen and oxygen atoms in total. The Hall–Kier alpha value is -2.53. The highest BCUT2D eigenvalue weighted by Crippen LogP contribution is 2.43. The molecule has 0 aliphatic carbocycles. The molecule has 0 radical (unpaired) electrons. The van der Waals surface area contributed by atoms with Crippen LogP contribution in [0.3, 0.4) is 0 Å². The van der Waals surface area contributed by atoms with Crippen molar-refractivity contribution < 1.29 is 9.47 Å². The van der Waals surface area contributed by atoms with E-state index in [1.807, 2.05) is 43.3 Å². The summed E-state index contributed by atoms with van der Waals surface area (Å²) in [6.45, 7) is 8.64. The van der Waals surface area contributed by atoms with E-state index in [9.17, 15) is 0 Å². The highest BCUT2D eigenvalue weighted by Gasteiger charge is 2.27. The number of halogens is 1. The van der Waals surface area contributed by atoms with Crippen molar-refractivity contribution in [3.63, 3.8) is 0 Å². The van der Waals surface area contributed by atoms with Crippen LogP contribution in [0.1, 0.15) is 32.3 Å². The summed E-state index contributed by atoms with van der Waals surface area (Å²) in [6.07, 6.45) is 0. The number of nitrogens with zero attached hydrogens (tertiary/aromatic N) is 2. The number of imidazole rings is 1. The molecule has 0 saturated heterocycles. The minimum Gasteiger partial charge on any atom is -0.454 e. The molecule has 136 valence electrons. The summed E-state index contributed by atoms with van der Waals surface area (Å²) in [5.74, 6) is 2.42. The zero-order valence-corrected chi connectivity index (χ0v) is 16.1. The van der Waals surface area contributed by atoms with Gasteiger partial charge in [-0.3, -0.25) is 4.98 Å². The van der Waals surface area contributed by atoms with Crippen LogP contribution in [0.2, 0.25) is 0 Å². The number of hydrogen-bond acceptors (Lipinski definition) is 4. The molecule has 3 aromatic rings. The van der Waals surface area contributed by atoms with E-state index in [2.05, 4.69) is 30.7 Å². The molecule has 1 aliphatic rings. The van der Waals surface area contributed by atoms with Gasteiger partial charge in [0.15, 0.2) is 11.5 Å². The smallest absolute Gasteiger partial charge is 0.231 e. The predicted molar refractivity (Wildman–Crippen MR) is 104 cm³/mol. The number of H-pyrrole nitrogens is 1. The van der Waals surface area contributed by atoms with E-state index >= 15 is 0 Å². The van der Waals surface area contributed by atoms with Crippen LogP contribution in [0.15, 0.2) is 36.4 Å². The Morgan fingerprint density at radius 1 is 1.00 bits per heavy atom. The second-order valence-electron chi connectivity index (χ2n) is 7.26. The number of hydrogen-bond donors (Lipinski definition) is 1. The Morgan fingerprint density at radius 3 is 2.50 bits per heavy atom. The van der Waals surface area contributed by atoms with Gasteiger partial charge < -0.3 is 14.5 Å². The summed E-state index contributed by atoms with van der Waals surface area (Å²) in [7, 11) is 0. The van der Waals surface area contributed by atoms with Crippen molar-refractivity contribution in [3.05, 3.63) is 47.9 Å². The average molecular weight is 372 g/mol. The van der Waals surface area contributed by atoms with Crippen molar-refractivity contribution in [2.45, 2.75) is 33.1 Å². The minimum absolute atomic E-state index is 0. The maximum absolute atomic E-state index is 5.70. The van der Waals surface area contributed by atoms with Gasteiger partial charge in [0.25, 0.3) is 0 Å². The van der Waals surface area contributed by atoms with E-state index in [1.54, 1.807) is 0 Å². The number of benzene rings is 1. The number of aromatic nitrogens is 3. The Balaban J connectivity index is 0.00000196. The van der Waals surface area contributed by atoms with Crippen LogP contribution in [-0.2, 0) is 5.41 Å². The fraction of sp³-hybridized carbons (Fsp3) is 0.300. The van der Waals surface area contributed by atoms with Gasteiger partial charge in [-0.1, -0.05) is 32.9 Å². The van der Waals surface area contributed by atoms with Crippen molar-refractivity contribution in [2.75, 3.05) is 6.79 Å². The Morgan fingerprint density at radius 2 is 1.77 bits per heavy atom. The number of aromatic amines is 1. The maximum Gasteiger partial charge on any atom is 0.231 e. The van der Waals surface area contributed by atoms with E-state index in [1.165, 1.54) is 0 Å². The molecular formula is C20H22ClN3O2. The molecule has 1 aromatic carbocycles. The number of nitrogens with one attached hydrogen (secondary N) is 1. The summed E-state index contributed by atoms with van der Waals surface area (Å²) in [6, 6.07) is 11.9. The molecule has 3 heterocycles. The van der Waals surface area contributed by atoms with E-state index in [4.69, 9.17) is 14.5 Å². The minimum atomic E-state index is -0.105. The van der Waals surface area contributed by atoms with Crippen LogP contribution in [0, 0.1) is 6.92 Å². The van der Waals surface area contributed by atoms with Crippen molar-refractivity contribution in [1.29, 1.82) is 0 Å². The number of ether oxygens (including phenoxy) is 2. The molecular weight excluding hydrogens is 350 g/mol. The quantitative estimate of drug-likeness (QED) is 0.696. The van der Waals surface area contributed by atoms with Gasteiger partial charge in [0, 0.05) is 16.7 Å². The third kappa shape index (κ3) is 3.15. The fourth-order valence-electron chi connectivity index (χ4n) is 2.91. The number of rotatable bonds is 2. The molecule has 0 fully saturated rings. The number of para-hydroxylation sites is 1. The van der Waals surface area contributed by atoms with Crippen molar-refractivity contribution in [3.8, 4) is 34.1 Å². The zero-order valence-electron chi connectivity index (χ0n) is 15.3. The maximum atomic E-state index is 5.70. The normalized spacial score (nSPS) is 12.8. The molecule has 4 rings (SSSR count). The van der Waals surface area contributed by atoms with Gasteiger partial charge in [-0.2, -0.15) is 0 Å². The number of aryl methyl sites for hydroxylation is 1. The van der Waals surface area contributed by atoms with E-state index in [0.717, 1.165) is 45.7 Å². The molecule has 0 spiro atoms. The summed E-state index contributed by atoms with van der Waals surface area (Å²) in [5, 5.41) is 0. The number of pyridine rings is 1. The molecule has 0 amide bonds. The Bertz CT molecular complexity index is 944. The number of fused-ring (bicyclic) bond motifs is 1. The summed E-state index contributed by atoms with van der Waals surface area (Å²) >= 11 is 0. The van der Waals surface area contributed by atoms with Gasteiger partial charge in [0.1, 0.15) is 11.5 Å². The molecule has 1 N–H and O–H groups in total. The molecule has 2 aromatic heterocycles. The Labute approximate surface area is 159 Å². The lowest BCUT2D eigenvalue weighted by atomic mass is 9.96. The highest BCUT2D eigenvalue weighted by atomic mass is 35.5. The molecule has 0 unspecified atom stereocenters. The third-order valence-corrected chi connectivity index (χ3v) is 4.21. The lowest BCUT2D eigenvalue weighted by Crippen LogP contribution is -2.13. The lowest BCUT2D eigenvalue weighted by molar-refractivity contribution is 0.174. The van der Waals surface area contributed by atoms with Crippen LogP contribution >= 0.6 is 12.4 Å². The second kappa shape index (κ2) is 6.65. The van der Waals surface area contributed by atoms with E-state index in [0.29, 0.717) is 0 Å². The Kier molecular flexibility index (Phi) is 4.67. The van der Waals surface area contributed by atoms with Crippen molar-refractivity contribution in [1.82, 2.24) is 15.0 Å². The fourth-order valence-corrected chi connectivity index (χ4v) is 2.91. The van der Waals surface area contributed by atoms with Gasteiger partial charge >= 0.3 is 0 Å². The van der Waals surface area contributed by atoms with Gasteiger partial charge in [-0.25, -0.2) is 4.98 Å². The van der Waals surface area contributed by atoms with Gasteiger partial charge in [0.05, 0.1) is 11.4 Å². The van der Waals surface area contributed by atoms with E-state index in [-0.39, 0.29) is 24.6 Å². The SMILES string of the molecule is Cc1cccc(-c2nc(C(C)(C)C)[nH]c2-c2cccc3c2OCO3)n1.Cl. The monoisotopic (exact) mass is 371 g/mol. The van der Waals surface area contributed by atoms with Crippen LogP contribution in [0.5, 0.6) is 11.5 Å². The van der Waals surface area contributed by atoms with Crippen LogP contribution in [0.4, 0.5) is 0 Å². The molecule has 6 heteroatoms. The first kappa shape index (κ1) is 18.3. The standard InChI is InChI=1S/C20H21N3O2.ClH/c1-12-7-5-9-14(21-12)17-16(22-19(23-17)20(2,3)4)13-8-6-10-15-18(13)25-11-24-15;/h5-10H,11H2,1-4H3,(H,22,23);1H. The van der Waals surface area contributed by atoms with E-state index < -0.39 is 0 Å². The largest absolute Gasteiger partial charge is 0.454 e. The summed E-state index contributed by atoms with van der Waals surface area (Å²) in [4.78, 5) is 13.0. The molecule has 1 aliphatic heterocycles. The zero-order chi connectivity index (χ0) is 17.6. The first-order valence-electron chi connectivity index (χ1n) is 8.37. The molecule has 0 saturated carbocycles. The molecule has 0 atom stereocenters. The van der Waals surface area contributed by atoms with Crippen LogP contribution in [-0.4, -0.2) is 21.7 Å². The van der Waals surface area contributed by atoms with Crippen LogP contribution < -0.4 is 9.47 Å². The van der Waals surface area contributed by atoms with Gasteiger partial charge in [0.2, 0.25) is 6.79 Å². The second-order valence-corrected chi connectivity index (χ2v) is 7.26. The topological polar surface area (TPSA) is 60.0 Å². The molecule has 26 heavy (non-hydrogen) atoms. The van der Waals surface area contributed by atoms with Crippen LogP contribution in [0.25, 0.3) is 22.6 Å². The lowest BCUT2D eigenvalue weighted by Gasteiger charge is -2.14. The third-order valence-electron chi connectivity index (χ3n) is 4.21. The van der Waals surface area contributed by atoms with Crippen molar-refractivity contribution in [2.24, 2.45) is 0 Å². The predicted octanol–water partition coefficient (Wildman–Crippen LogP) is 4.90.